The van der Waals surface area contributed by atoms with Crippen molar-refractivity contribution in [3.8, 4) is 0 Å². The summed E-state index contributed by atoms with van der Waals surface area (Å²) >= 11 is 12.0. The molecule has 2 aromatic rings. The van der Waals surface area contributed by atoms with Crippen LogP contribution < -0.4 is 4.90 Å². The van der Waals surface area contributed by atoms with E-state index < -0.39 is 10.0 Å². The highest BCUT2D eigenvalue weighted by Gasteiger charge is 2.30. The van der Waals surface area contributed by atoms with Gasteiger partial charge in [0.25, 0.3) is 0 Å². The van der Waals surface area contributed by atoms with Gasteiger partial charge >= 0.3 is 0 Å². The Labute approximate surface area is 181 Å². The summed E-state index contributed by atoms with van der Waals surface area (Å²) in [5, 5.41) is 0.821. The van der Waals surface area contributed by atoms with Crippen molar-refractivity contribution in [1.82, 2.24) is 4.31 Å². The zero-order valence-electron chi connectivity index (χ0n) is 16.1. The molecule has 0 bridgehead atoms. The van der Waals surface area contributed by atoms with Crippen LogP contribution in [-0.4, -0.2) is 38.9 Å². The average Bonchev–Trinajstić information content (AvgIpc) is 2.71. The third-order valence-electron chi connectivity index (χ3n) is 4.87. The molecular formula is C21H23Cl2FN2O2S. The standard InChI is InChI=1S/C21H23Cl2FN2O2S/c1-2-3-19(14-16-4-9-20(22)21(23)15-16)29(27,28)26-12-10-25(11-13-26)18-7-5-17(24)6-8-18/h4-9,14-15H,2-3,10-13H2,1H3/b19-14+. The second-order valence-electron chi connectivity index (χ2n) is 6.90. The van der Waals surface area contributed by atoms with Crippen LogP contribution in [-0.2, 0) is 10.0 Å². The molecule has 0 N–H and O–H groups in total. The van der Waals surface area contributed by atoms with Crippen molar-refractivity contribution in [3.05, 3.63) is 68.8 Å². The van der Waals surface area contributed by atoms with Gasteiger partial charge in [-0.2, -0.15) is 4.31 Å². The summed E-state index contributed by atoms with van der Waals surface area (Å²) in [6.07, 6.45) is 2.83. The number of nitrogens with zero attached hydrogens (tertiary/aromatic N) is 2. The number of anilines is 1. The van der Waals surface area contributed by atoms with Crippen molar-refractivity contribution in [1.29, 1.82) is 0 Å². The maximum atomic E-state index is 13.3. The molecule has 0 amide bonds. The van der Waals surface area contributed by atoms with Crippen molar-refractivity contribution in [3.63, 3.8) is 0 Å². The highest BCUT2D eigenvalue weighted by molar-refractivity contribution is 7.93. The van der Waals surface area contributed by atoms with Crippen LogP contribution in [0.4, 0.5) is 10.1 Å². The summed E-state index contributed by atoms with van der Waals surface area (Å²) in [6.45, 7) is 3.81. The van der Waals surface area contributed by atoms with Gasteiger partial charge in [-0.1, -0.05) is 42.6 Å². The molecule has 1 aliphatic heterocycles. The molecule has 1 aliphatic rings. The molecule has 29 heavy (non-hydrogen) atoms. The van der Waals surface area contributed by atoms with Gasteiger partial charge in [-0.05, 0) is 54.5 Å². The Morgan fingerprint density at radius 3 is 2.28 bits per heavy atom. The number of rotatable bonds is 6. The minimum Gasteiger partial charge on any atom is -0.369 e. The van der Waals surface area contributed by atoms with Gasteiger partial charge in [0.1, 0.15) is 5.82 Å². The van der Waals surface area contributed by atoms with E-state index in [1.54, 1.807) is 36.4 Å². The summed E-state index contributed by atoms with van der Waals surface area (Å²) < 4.78 is 41.2. The number of piperazine rings is 1. The van der Waals surface area contributed by atoms with E-state index in [1.807, 2.05) is 6.92 Å². The second kappa shape index (κ2) is 9.47. The van der Waals surface area contributed by atoms with Crippen LogP contribution in [0.25, 0.3) is 6.08 Å². The fraction of sp³-hybridized carbons (Fsp3) is 0.333. The van der Waals surface area contributed by atoms with Gasteiger partial charge in [-0.15, -0.1) is 0 Å². The van der Waals surface area contributed by atoms with Gasteiger partial charge in [-0.3, -0.25) is 0 Å². The monoisotopic (exact) mass is 456 g/mol. The molecule has 4 nitrogen and oxygen atoms in total. The first-order valence-corrected chi connectivity index (χ1v) is 11.7. The predicted molar refractivity (Wildman–Crippen MR) is 118 cm³/mol. The van der Waals surface area contributed by atoms with E-state index in [1.165, 1.54) is 16.4 Å². The zero-order chi connectivity index (χ0) is 21.0. The molecule has 0 atom stereocenters. The van der Waals surface area contributed by atoms with E-state index in [2.05, 4.69) is 4.90 Å². The van der Waals surface area contributed by atoms with Crippen LogP contribution in [0.3, 0.4) is 0 Å². The summed E-state index contributed by atoms with van der Waals surface area (Å²) in [7, 11) is -3.59. The molecule has 0 aromatic heterocycles. The zero-order valence-corrected chi connectivity index (χ0v) is 18.4. The number of allylic oxidation sites excluding steroid dienone is 1. The van der Waals surface area contributed by atoms with Crippen LogP contribution in [0.5, 0.6) is 0 Å². The topological polar surface area (TPSA) is 40.6 Å². The summed E-state index contributed by atoms with van der Waals surface area (Å²) in [4.78, 5) is 2.43. The van der Waals surface area contributed by atoms with Crippen molar-refractivity contribution in [2.24, 2.45) is 0 Å². The van der Waals surface area contributed by atoms with Crippen LogP contribution in [0.15, 0.2) is 47.4 Å². The molecule has 0 unspecified atom stereocenters. The molecule has 0 aliphatic carbocycles. The van der Waals surface area contributed by atoms with E-state index in [4.69, 9.17) is 23.2 Å². The first kappa shape index (κ1) is 22.1. The fourth-order valence-corrected chi connectivity index (χ4v) is 5.34. The second-order valence-corrected chi connectivity index (χ2v) is 9.71. The number of hydrogen-bond donors (Lipinski definition) is 0. The first-order valence-electron chi connectivity index (χ1n) is 9.47. The molecule has 0 spiro atoms. The van der Waals surface area contributed by atoms with E-state index in [0.29, 0.717) is 59.5 Å². The third kappa shape index (κ3) is 5.31. The van der Waals surface area contributed by atoms with Gasteiger partial charge in [-0.25, -0.2) is 12.8 Å². The molecule has 1 saturated heterocycles. The lowest BCUT2D eigenvalue weighted by atomic mass is 10.2. The first-order chi connectivity index (χ1) is 13.8. The molecule has 1 heterocycles. The minimum absolute atomic E-state index is 0.286. The van der Waals surface area contributed by atoms with Crippen molar-refractivity contribution >= 4 is 45.0 Å². The maximum Gasteiger partial charge on any atom is 0.239 e. The maximum absolute atomic E-state index is 13.3. The lowest BCUT2D eigenvalue weighted by Gasteiger charge is -2.35. The third-order valence-corrected chi connectivity index (χ3v) is 7.64. The molecule has 0 saturated carbocycles. The highest BCUT2D eigenvalue weighted by atomic mass is 35.5. The average molecular weight is 457 g/mol. The predicted octanol–water partition coefficient (Wildman–Crippen LogP) is 5.43. The van der Waals surface area contributed by atoms with Gasteiger partial charge < -0.3 is 4.90 Å². The summed E-state index contributed by atoms with van der Waals surface area (Å²) in [5.41, 5.74) is 1.60. The van der Waals surface area contributed by atoms with Crippen LogP contribution in [0, 0.1) is 5.82 Å². The van der Waals surface area contributed by atoms with E-state index in [-0.39, 0.29) is 5.82 Å². The van der Waals surface area contributed by atoms with Crippen LogP contribution in [0.1, 0.15) is 25.3 Å². The molecule has 0 radical (unpaired) electrons. The van der Waals surface area contributed by atoms with Crippen LogP contribution in [0.2, 0.25) is 10.0 Å². The molecule has 1 fully saturated rings. The Bertz CT molecular complexity index is 986. The normalized spacial score (nSPS) is 16.3. The Kier molecular flexibility index (Phi) is 7.22. The van der Waals surface area contributed by atoms with Crippen LogP contribution >= 0.6 is 23.2 Å². The summed E-state index contributed by atoms with van der Waals surface area (Å²) in [5.74, 6) is -0.286. The van der Waals surface area contributed by atoms with Crippen molar-refractivity contribution in [2.75, 3.05) is 31.1 Å². The fourth-order valence-electron chi connectivity index (χ4n) is 3.31. The smallest absolute Gasteiger partial charge is 0.239 e. The molecule has 156 valence electrons. The van der Waals surface area contributed by atoms with Crippen molar-refractivity contribution in [2.45, 2.75) is 19.8 Å². The Balaban J connectivity index is 1.77. The largest absolute Gasteiger partial charge is 0.369 e. The van der Waals surface area contributed by atoms with Gasteiger partial charge in [0, 0.05) is 31.9 Å². The Hall–Kier alpha value is -1.60. The van der Waals surface area contributed by atoms with Gasteiger partial charge in [0.05, 0.1) is 15.0 Å². The number of halogens is 3. The van der Waals surface area contributed by atoms with Gasteiger partial charge in [0.15, 0.2) is 0 Å². The summed E-state index contributed by atoms with van der Waals surface area (Å²) in [6, 6.07) is 11.3. The Morgan fingerprint density at radius 1 is 1.03 bits per heavy atom. The number of hydrogen-bond acceptors (Lipinski definition) is 3. The minimum atomic E-state index is -3.59. The van der Waals surface area contributed by atoms with E-state index in [0.717, 1.165) is 5.69 Å². The molecule has 8 heteroatoms. The quantitative estimate of drug-likeness (QED) is 0.581. The lowest BCUT2D eigenvalue weighted by molar-refractivity contribution is 0.388. The lowest BCUT2D eigenvalue weighted by Crippen LogP contribution is -2.49. The molecule has 2 aromatic carbocycles. The Morgan fingerprint density at radius 2 is 1.69 bits per heavy atom. The van der Waals surface area contributed by atoms with Crippen molar-refractivity contribution < 1.29 is 12.8 Å². The SMILES string of the molecule is CCC/C(=C\c1ccc(Cl)c(Cl)c1)S(=O)(=O)N1CCN(c2ccc(F)cc2)CC1. The number of sulfonamides is 1. The van der Waals surface area contributed by atoms with E-state index in [9.17, 15) is 12.8 Å². The molecular weight excluding hydrogens is 434 g/mol. The highest BCUT2D eigenvalue weighted by Crippen LogP contribution is 2.27. The number of benzene rings is 2. The van der Waals surface area contributed by atoms with E-state index >= 15 is 0 Å². The van der Waals surface area contributed by atoms with Gasteiger partial charge in [0.2, 0.25) is 10.0 Å². The molecule has 3 rings (SSSR count).